The highest BCUT2D eigenvalue weighted by atomic mass is 16.2. The van der Waals surface area contributed by atoms with Gasteiger partial charge in [0, 0.05) is 31.1 Å². The Balaban J connectivity index is 1.47. The van der Waals surface area contributed by atoms with Crippen molar-refractivity contribution in [3.05, 3.63) is 36.8 Å². The minimum absolute atomic E-state index is 0.0397. The van der Waals surface area contributed by atoms with E-state index in [0.717, 1.165) is 37.7 Å². The highest BCUT2D eigenvalue weighted by molar-refractivity contribution is 5.80. The number of nitrogens with one attached hydrogen (secondary N) is 1. The fourth-order valence-corrected chi connectivity index (χ4v) is 3.47. The molecule has 1 saturated heterocycles. The number of anilines is 1. The first kappa shape index (κ1) is 19.7. The van der Waals surface area contributed by atoms with Crippen LogP contribution in [0.1, 0.15) is 32.5 Å². The Morgan fingerprint density at radius 2 is 2.07 bits per heavy atom. The van der Waals surface area contributed by atoms with E-state index in [1.54, 1.807) is 36.3 Å². The SMILES string of the molecule is C=Cn1ncnc1/C=C(\C)NC(=O)Cn1ncc2ncc(N3CCC(C)CC3)nc21. The average molecular weight is 407 g/mol. The van der Waals surface area contributed by atoms with E-state index in [-0.39, 0.29) is 12.5 Å². The number of amides is 1. The summed E-state index contributed by atoms with van der Waals surface area (Å²) in [5.41, 5.74) is 1.92. The van der Waals surface area contributed by atoms with Gasteiger partial charge in [-0.05, 0) is 25.7 Å². The predicted octanol–water partition coefficient (Wildman–Crippen LogP) is 1.93. The molecule has 1 N–H and O–H groups in total. The van der Waals surface area contributed by atoms with Crippen molar-refractivity contribution in [2.24, 2.45) is 5.92 Å². The molecule has 1 fully saturated rings. The van der Waals surface area contributed by atoms with Gasteiger partial charge < -0.3 is 10.2 Å². The Morgan fingerprint density at radius 3 is 2.83 bits per heavy atom. The topological polar surface area (TPSA) is 107 Å². The lowest BCUT2D eigenvalue weighted by Crippen LogP contribution is -2.33. The molecule has 156 valence electrons. The highest BCUT2D eigenvalue weighted by Crippen LogP contribution is 2.22. The summed E-state index contributed by atoms with van der Waals surface area (Å²) in [4.78, 5) is 28.1. The third-order valence-electron chi connectivity index (χ3n) is 5.19. The van der Waals surface area contributed by atoms with E-state index < -0.39 is 0 Å². The fourth-order valence-electron chi connectivity index (χ4n) is 3.47. The lowest BCUT2D eigenvalue weighted by atomic mass is 9.99. The molecule has 0 radical (unpaired) electrons. The molecule has 0 atom stereocenters. The second kappa shape index (κ2) is 8.44. The first-order valence-electron chi connectivity index (χ1n) is 9.97. The Hall–Kier alpha value is -3.56. The number of allylic oxidation sites excluding steroid dienone is 1. The summed E-state index contributed by atoms with van der Waals surface area (Å²) >= 11 is 0. The predicted molar refractivity (Wildman–Crippen MR) is 114 cm³/mol. The molecular weight excluding hydrogens is 382 g/mol. The number of carbonyl (C=O) groups is 1. The maximum Gasteiger partial charge on any atom is 0.245 e. The molecule has 4 rings (SSSR count). The summed E-state index contributed by atoms with van der Waals surface area (Å²) in [6.07, 6.45) is 10.4. The molecule has 0 aliphatic carbocycles. The van der Waals surface area contributed by atoms with Gasteiger partial charge in [0.2, 0.25) is 5.91 Å². The van der Waals surface area contributed by atoms with Gasteiger partial charge in [0.15, 0.2) is 11.5 Å². The number of piperidine rings is 1. The molecule has 1 aliphatic heterocycles. The van der Waals surface area contributed by atoms with Crippen molar-refractivity contribution < 1.29 is 4.79 Å². The molecule has 10 nitrogen and oxygen atoms in total. The number of hydrogen-bond donors (Lipinski definition) is 1. The Kier molecular flexibility index (Phi) is 5.55. The number of hydrogen-bond acceptors (Lipinski definition) is 7. The second-order valence-electron chi connectivity index (χ2n) is 7.53. The normalized spacial score (nSPS) is 15.5. The molecule has 1 aliphatic rings. The smallest absolute Gasteiger partial charge is 0.245 e. The summed E-state index contributed by atoms with van der Waals surface area (Å²) in [5, 5.41) is 11.1. The lowest BCUT2D eigenvalue weighted by Gasteiger charge is -2.30. The average Bonchev–Trinajstić information content (AvgIpc) is 3.34. The molecule has 3 aromatic heterocycles. The zero-order valence-electron chi connectivity index (χ0n) is 17.2. The number of carbonyl (C=O) groups excluding carboxylic acids is 1. The van der Waals surface area contributed by atoms with E-state index in [4.69, 9.17) is 4.98 Å². The largest absolute Gasteiger partial charge is 0.355 e. The van der Waals surface area contributed by atoms with E-state index in [1.165, 1.54) is 11.0 Å². The van der Waals surface area contributed by atoms with Gasteiger partial charge in [-0.2, -0.15) is 10.2 Å². The van der Waals surface area contributed by atoms with Crippen molar-refractivity contribution in [3.63, 3.8) is 0 Å². The van der Waals surface area contributed by atoms with Gasteiger partial charge in [-0.1, -0.05) is 13.5 Å². The van der Waals surface area contributed by atoms with Crippen LogP contribution in [0.4, 0.5) is 5.82 Å². The van der Waals surface area contributed by atoms with Crippen LogP contribution in [0.5, 0.6) is 0 Å². The molecule has 1 amide bonds. The van der Waals surface area contributed by atoms with E-state index >= 15 is 0 Å². The summed E-state index contributed by atoms with van der Waals surface area (Å²) < 4.78 is 3.10. The Labute approximate surface area is 174 Å². The first-order valence-corrected chi connectivity index (χ1v) is 9.97. The van der Waals surface area contributed by atoms with Gasteiger partial charge in [-0.25, -0.2) is 24.3 Å². The van der Waals surface area contributed by atoms with Gasteiger partial charge in [-0.15, -0.1) is 0 Å². The molecular formula is C20H25N9O. The summed E-state index contributed by atoms with van der Waals surface area (Å²) in [7, 11) is 0. The van der Waals surface area contributed by atoms with Gasteiger partial charge in [0.1, 0.15) is 24.2 Å². The van der Waals surface area contributed by atoms with E-state index in [9.17, 15) is 4.79 Å². The molecule has 0 unspecified atom stereocenters. The van der Waals surface area contributed by atoms with Gasteiger partial charge in [0.25, 0.3) is 0 Å². The van der Waals surface area contributed by atoms with Crippen LogP contribution >= 0.6 is 0 Å². The maximum absolute atomic E-state index is 12.5. The Morgan fingerprint density at radius 1 is 1.27 bits per heavy atom. The minimum atomic E-state index is -0.211. The second-order valence-corrected chi connectivity index (χ2v) is 7.53. The third kappa shape index (κ3) is 4.22. The maximum atomic E-state index is 12.5. The number of nitrogens with zero attached hydrogens (tertiary/aromatic N) is 8. The molecule has 0 saturated carbocycles. The van der Waals surface area contributed by atoms with Gasteiger partial charge in [-0.3, -0.25) is 4.79 Å². The van der Waals surface area contributed by atoms with Crippen LogP contribution in [0.3, 0.4) is 0 Å². The van der Waals surface area contributed by atoms with Gasteiger partial charge in [0.05, 0.1) is 12.4 Å². The molecule has 4 heterocycles. The van der Waals surface area contributed by atoms with Crippen molar-refractivity contribution in [1.29, 1.82) is 0 Å². The number of rotatable bonds is 6. The number of fused-ring (bicyclic) bond motifs is 1. The van der Waals surface area contributed by atoms with Crippen molar-refractivity contribution in [2.45, 2.75) is 33.2 Å². The van der Waals surface area contributed by atoms with Gasteiger partial charge >= 0.3 is 0 Å². The zero-order chi connectivity index (χ0) is 21.1. The van der Waals surface area contributed by atoms with Crippen LogP contribution in [0.25, 0.3) is 23.4 Å². The summed E-state index contributed by atoms with van der Waals surface area (Å²) in [6, 6.07) is 0. The Bertz CT molecular complexity index is 1090. The minimum Gasteiger partial charge on any atom is -0.355 e. The van der Waals surface area contributed by atoms with Crippen LogP contribution < -0.4 is 10.2 Å². The monoisotopic (exact) mass is 407 g/mol. The zero-order valence-corrected chi connectivity index (χ0v) is 17.2. The summed E-state index contributed by atoms with van der Waals surface area (Å²) in [6.45, 7) is 9.71. The quantitative estimate of drug-likeness (QED) is 0.665. The molecule has 0 spiro atoms. The van der Waals surface area contributed by atoms with Crippen LogP contribution in [-0.2, 0) is 11.3 Å². The summed E-state index contributed by atoms with van der Waals surface area (Å²) in [5.74, 6) is 1.94. The van der Waals surface area contributed by atoms with Crippen molar-refractivity contribution in [1.82, 2.24) is 39.8 Å². The molecule has 0 aromatic carbocycles. The van der Waals surface area contributed by atoms with Crippen LogP contribution in [0.15, 0.2) is 31.0 Å². The highest BCUT2D eigenvalue weighted by Gasteiger charge is 2.19. The van der Waals surface area contributed by atoms with Crippen molar-refractivity contribution in [2.75, 3.05) is 18.0 Å². The van der Waals surface area contributed by atoms with Crippen LogP contribution in [-0.4, -0.2) is 53.5 Å². The van der Waals surface area contributed by atoms with E-state index in [2.05, 4.69) is 43.9 Å². The molecule has 0 bridgehead atoms. The van der Waals surface area contributed by atoms with Crippen molar-refractivity contribution in [3.8, 4) is 0 Å². The molecule has 3 aromatic rings. The van der Waals surface area contributed by atoms with E-state index in [0.29, 0.717) is 22.7 Å². The molecule has 10 heteroatoms. The fraction of sp³-hybridized carbons (Fsp3) is 0.400. The van der Waals surface area contributed by atoms with Crippen LogP contribution in [0.2, 0.25) is 0 Å². The number of aromatic nitrogens is 7. The van der Waals surface area contributed by atoms with Crippen molar-refractivity contribution >= 4 is 35.2 Å². The molecule has 30 heavy (non-hydrogen) atoms. The lowest BCUT2D eigenvalue weighted by molar-refractivity contribution is -0.121. The third-order valence-corrected chi connectivity index (χ3v) is 5.19. The standard InChI is InChI=1S/C20H25N9O/c1-4-28-17(22-13-24-28)9-15(3)25-19(30)12-29-20-16(10-23-29)21-11-18(26-20)27-7-5-14(2)6-8-27/h4,9-11,13-14H,1,5-8,12H2,2-3H3,(H,25,30)/b15-9+. The van der Waals surface area contributed by atoms with E-state index in [1.807, 2.05) is 0 Å². The van der Waals surface area contributed by atoms with Crippen LogP contribution in [0, 0.1) is 5.92 Å². The first-order chi connectivity index (χ1) is 14.5.